The van der Waals surface area contributed by atoms with Gasteiger partial charge in [-0.1, -0.05) is 0 Å². The first-order valence-corrected chi connectivity index (χ1v) is 9.97. The van der Waals surface area contributed by atoms with Gasteiger partial charge in [0.2, 0.25) is 0 Å². The van der Waals surface area contributed by atoms with Crippen LogP contribution in [0.2, 0.25) is 0 Å². The molecule has 126 valence electrons. The molecule has 4 N–H and O–H groups in total. The van der Waals surface area contributed by atoms with Gasteiger partial charge in [-0.3, -0.25) is 0 Å². The van der Waals surface area contributed by atoms with Crippen molar-refractivity contribution in [1.29, 1.82) is 0 Å². The van der Waals surface area contributed by atoms with Crippen molar-refractivity contribution in [2.24, 2.45) is 11.8 Å². The first-order valence-electron chi connectivity index (χ1n) is 9.97. The second kappa shape index (κ2) is 6.76. The van der Waals surface area contributed by atoms with E-state index in [1.54, 1.807) is 30.6 Å². The zero-order valence-corrected chi connectivity index (χ0v) is 14.2. The molecule has 4 heteroatoms. The summed E-state index contributed by atoms with van der Waals surface area (Å²) in [5.41, 5.74) is 0. The highest BCUT2D eigenvalue weighted by Crippen LogP contribution is 2.43. The van der Waals surface area contributed by atoms with Gasteiger partial charge in [0.05, 0.1) is 31.8 Å². The lowest BCUT2D eigenvalue weighted by molar-refractivity contribution is -1.03. The molecule has 22 heavy (non-hydrogen) atoms. The van der Waals surface area contributed by atoms with Crippen molar-refractivity contribution >= 4 is 0 Å². The van der Waals surface area contributed by atoms with Crippen molar-refractivity contribution in [3.63, 3.8) is 0 Å². The highest BCUT2D eigenvalue weighted by atomic mass is 16.3. The Morgan fingerprint density at radius 3 is 2.14 bits per heavy atom. The lowest BCUT2D eigenvalue weighted by Gasteiger charge is -2.40. The minimum atomic E-state index is 0.357. The molecule has 4 fully saturated rings. The molecule has 0 aromatic heterocycles. The number of nitrogens with one attached hydrogen (secondary N) is 3. The molecule has 4 aliphatic rings. The number of quaternary nitrogens is 3. The molecule has 0 radical (unpaired) electrons. The molecule has 0 aromatic carbocycles. The first-order chi connectivity index (χ1) is 10.8. The number of hydrogen-bond donors (Lipinski definition) is 4. The number of fused-ring (bicyclic) bond motifs is 2. The fraction of sp³-hybridized carbons (Fsp3) is 1.00. The highest BCUT2D eigenvalue weighted by molar-refractivity contribution is 4.90. The molecular formula is C18H36N3O+3. The molecule has 2 saturated carbocycles. The van der Waals surface area contributed by atoms with Crippen molar-refractivity contribution in [2.75, 3.05) is 52.4 Å². The number of piperazine rings is 1. The van der Waals surface area contributed by atoms with Crippen LogP contribution in [0.25, 0.3) is 0 Å². The van der Waals surface area contributed by atoms with Crippen LogP contribution in [0.5, 0.6) is 0 Å². The van der Waals surface area contributed by atoms with Gasteiger partial charge in [-0.25, -0.2) is 0 Å². The van der Waals surface area contributed by atoms with Crippen molar-refractivity contribution in [3.05, 3.63) is 0 Å². The van der Waals surface area contributed by atoms with Gasteiger partial charge >= 0.3 is 0 Å². The van der Waals surface area contributed by atoms with Gasteiger partial charge in [-0.15, -0.1) is 0 Å². The molecule has 2 bridgehead atoms. The largest absolute Gasteiger partial charge is 0.391 e. The van der Waals surface area contributed by atoms with E-state index in [-0.39, 0.29) is 0 Å². The molecule has 4 nitrogen and oxygen atoms in total. The lowest BCUT2D eigenvalue weighted by atomic mass is 9.91. The SMILES string of the molecule is OCC[NH+]1CC[NH+](C2CC[NH+]([C@H]3C[C@@H]4CC[C@H]3C4)CC2)CC1. The van der Waals surface area contributed by atoms with Gasteiger partial charge in [0.1, 0.15) is 32.7 Å². The van der Waals surface area contributed by atoms with E-state index in [4.69, 9.17) is 5.11 Å². The third-order valence-corrected chi connectivity index (χ3v) is 7.53. The van der Waals surface area contributed by atoms with E-state index in [2.05, 4.69) is 0 Å². The number of piperidine rings is 1. The predicted octanol–water partition coefficient (Wildman–Crippen LogP) is -3.00. The van der Waals surface area contributed by atoms with Crippen LogP contribution < -0.4 is 14.7 Å². The number of likely N-dealkylation sites (tertiary alicyclic amines) is 1. The quantitative estimate of drug-likeness (QED) is 0.439. The van der Waals surface area contributed by atoms with Crippen molar-refractivity contribution in [1.82, 2.24) is 0 Å². The van der Waals surface area contributed by atoms with Gasteiger partial charge < -0.3 is 19.8 Å². The Kier molecular flexibility index (Phi) is 4.72. The molecule has 0 unspecified atom stereocenters. The maximum Gasteiger partial charge on any atom is 0.127 e. The molecular weight excluding hydrogens is 274 g/mol. The summed E-state index contributed by atoms with van der Waals surface area (Å²) in [6.07, 6.45) is 9.14. The Morgan fingerprint density at radius 1 is 0.773 bits per heavy atom. The van der Waals surface area contributed by atoms with Crippen molar-refractivity contribution < 1.29 is 19.8 Å². The lowest BCUT2D eigenvalue weighted by Crippen LogP contribution is -3.30. The van der Waals surface area contributed by atoms with Gasteiger partial charge in [-0.2, -0.15) is 0 Å². The van der Waals surface area contributed by atoms with Gasteiger partial charge in [-0.05, 0) is 25.2 Å². The zero-order valence-electron chi connectivity index (χ0n) is 14.2. The second-order valence-corrected chi connectivity index (χ2v) is 8.60. The van der Waals surface area contributed by atoms with Gasteiger partial charge in [0, 0.05) is 25.2 Å². The third kappa shape index (κ3) is 3.08. The molecule has 3 atom stereocenters. The fourth-order valence-electron chi connectivity index (χ4n) is 6.25. The Morgan fingerprint density at radius 2 is 1.55 bits per heavy atom. The minimum Gasteiger partial charge on any atom is -0.391 e. The predicted molar refractivity (Wildman–Crippen MR) is 86.3 cm³/mol. The summed E-state index contributed by atoms with van der Waals surface area (Å²) in [4.78, 5) is 5.48. The summed E-state index contributed by atoms with van der Waals surface area (Å²) in [5.74, 6) is 2.20. The number of aliphatic hydroxyl groups excluding tert-OH is 1. The van der Waals surface area contributed by atoms with E-state index in [9.17, 15) is 0 Å². The van der Waals surface area contributed by atoms with E-state index in [0.717, 1.165) is 30.5 Å². The maximum absolute atomic E-state index is 9.08. The topological polar surface area (TPSA) is 33.6 Å². The average molecular weight is 311 g/mol. The van der Waals surface area contributed by atoms with E-state index in [1.165, 1.54) is 52.1 Å². The Bertz CT molecular complexity index is 361. The molecule has 0 spiro atoms. The molecule has 2 heterocycles. The molecule has 2 aliphatic heterocycles. The van der Waals surface area contributed by atoms with Crippen LogP contribution in [-0.2, 0) is 0 Å². The molecule has 0 aromatic rings. The monoisotopic (exact) mass is 310 g/mol. The fourth-order valence-corrected chi connectivity index (χ4v) is 6.25. The van der Waals surface area contributed by atoms with Crippen molar-refractivity contribution in [3.8, 4) is 0 Å². The van der Waals surface area contributed by atoms with Crippen LogP contribution in [0.4, 0.5) is 0 Å². The van der Waals surface area contributed by atoms with Crippen LogP contribution in [0.1, 0.15) is 38.5 Å². The highest BCUT2D eigenvalue weighted by Gasteiger charge is 2.46. The summed E-state index contributed by atoms with van der Waals surface area (Å²) in [6, 6.07) is 1.98. The Labute approximate surface area is 135 Å². The second-order valence-electron chi connectivity index (χ2n) is 8.60. The smallest absolute Gasteiger partial charge is 0.127 e. The van der Waals surface area contributed by atoms with Crippen molar-refractivity contribution in [2.45, 2.75) is 50.6 Å². The summed E-state index contributed by atoms with van der Waals surface area (Å²) in [7, 11) is 0. The summed E-state index contributed by atoms with van der Waals surface area (Å²) < 4.78 is 0. The molecule has 0 amide bonds. The van der Waals surface area contributed by atoms with Crippen LogP contribution in [0.15, 0.2) is 0 Å². The van der Waals surface area contributed by atoms with Crippen LogP contribution >= 0.6 is 0 Å². The van der Waals surface area contributed by atoms with Crippen LogP contribution in [0, 0.1) is 11.8 Å². The summed E-state index contributed by atoms with van der Waals surface area (Å²) in [6.45, 7) is 9.44. The van der Waals surface area contributed by atoms with E-state index < -0.39 is 0 Å². The normalized spacial score (nSPS) is 48.7. The number of rotatable bonds is 4. The van der Waals surface area contributed by atoms with Gasteiger partial charge in [0.25, 0.3) is 0 Å². The number of aliphatic hydroxyl groups is 1. The Balaban J connectivity index is 1.23. The summed E-state index contributed by atoms with van der Waals surface area (Å²) in [5, 5.41) is 9.08. The first kappa shape index (κ1) is 15.4. The van der Waals surface area contributed by atoms with Crippen LogP contribution in [-0.4, -0.2) is 69.6 Å². The summed E-state index contributed by atoms with van der Waals surface area (Å²) >= 11 is 0. The molecule has 4 rings (SSSR count). The zero-order chi connectivity index (χ0) is 14.9. The van der Waals surface area contributed by atoms with E-state index in [0.29, 0.717) is 6.61 Å². The average Bonchev–Trinajstić information content (AvgIpc) is 3.19. The number of hydrogen-bond acceptors (Lipinski definition) is 1. The van der Waals surface area contributed by atoms with Gasteiger partial charge in [0.15, 0.2) is 0 Å². The van der Waals surface area contributed by atoms with Crippen LogP contribution in [0.3, 0.4) is 0 Å². The van der Waals surface area contributed by atoms with E-state index in [1.807, 2.05) is 9.80 Å². The Hall–Kier alpha value is -0.160. The molecule has 2 saturated heterocycles. The standard InChI is InChI=1S/C18H33N3O/c22-12-11-19-7-9-20(10-8-19)17-3-5-21(6-4-17)18-14-15-1-2-16(18)13-15/h15-18,22H,1-14H2/p+3/t15-,16+,18+/m1/s1. The third-order valence-electron chi connectivity index (χ3n) is 7.53. The minimum absolute atomic E-state index is 0.357. The van der Waals surface area contributed by atoms with E-state index >= 15 is 0 Å². The maximum atomic E-state index is 9.08. The molecule has 2 aliphatic carbocycles.